The molecular weight excluding hydrogens is 476 g/mol. The van der Waals surface area contributed by atoms with Gasteiger partial charge in [-0.05, 0) is 86.4 Å². The Morgan fingerprint density at radius 2 is 1.63 bits per heavy atom. The predicted molar refractivity (Wildman–Crippen MR) is 149 cm³/mol. The van der Waals surface area contributed by atoms with Crippen LogP contribution in [-0.2, 0) is 16.1 Å². The Morgan fingerprint density at radius 3 is 2.29 bits per heavy atom. The van der Waals surface area contributed by atoms with E-state index in [0.717, 1.165) is 50.3 Å². The van der Waals surface area contributed by atoms with E-state index in [1.807, 2.05) is 41.3 Å². The number of piperidine rings is 1. The number of nitrogens with one attached hydrogen (secondary N) is 1. The van der Waals surface area contributed by atoms with E-state index >= 15 is 0 Å². The van der Waals surface area contributed by atoms with Crippen LogP contribution in [0, 0.1) is 5.92 Å². The van der Waals surface area contributed by atoms with Crippen molar-refractivity contribution in [1.82, 2.24) is 9.80 Å². The first-order valence-electron chi connectivity index (χ1n) is 14.4. The lowest BCUT2D eigenvalue weighted by atomic mass is 9.96. The number of anilines is 2. The molecular formula is C31H40N4O3. The van der Waals surface area contributed by atoms with E-state index < -0.39 is 0 Å². The van der Waals surface area contributed by atoms with Gasteiger partial charge >= 0.3 is 0 Å². The maximum absolute atomic E-state index is 12.8. The zero-order chi connectivity index (χ0) is 26.1. The molecule has 4 aliphatic rings. The molecule has 6 rings (SSSR count). The van der Waals surface area contributed by atoms with Crippen molar-refractivity contribution in [2.24, 2.45) is 5.92 Å². The smallest absolute Gasteiger partial charge is 0.255 e. The molecule has 2 aromatic carbocycles. The van der Waals surface area contributed by atoms with Gasteiger partial charge in [0.25, 0.3) is 5.91 Å². The molecule has 202 valence electrons. The summed E-state index contributed by atoms with van der Waals surface area (Å²) in [6.07, 6.45) is 7.42. The maximum Gasteiger partial charge on any atom is 0.255 e. The summed E-state index contributed by atoms with van der Waals surface area (Å²) in [4.78, 5) is 31.7. The summed E-state index contributed by atoms with van der Waals surface area (Å²) in [6.45, 7) is 7.45. The Labute approximate surface area is 226 Å². The molecule has 1 saturated carbocycles. The molecule has 7 nitrogen and oxygen atoms in total. The van der Waals surface area contributed by atoms with Crippen LogP contribution < -0.4 is 10.2 Å². The van der Waals surface area contributed by atoms with Crippen molar-refractivity contribution in [2.45, 2.75) is 70.2 Å². The van der Waals surface area contributed by atoms with Gasteiger partial charge in [-0.15, -0.1) is 0 Å². The number of hydrogen-bond donors (Lipinski definition) is 1. The van der Waals surface area contributed by atoms with Crippen LogP contribution in [0.15, 0.2) is 48.5 Å². The maximum atomic E-state index is 12.8. The van der Waals surface area contributed by atoms with Crippen LogP contribution in [0.5, 0.6) is 0 Å². The lowest BCUT2D eigenvalue weighted by Gasteiger charge is -2.37. The summed E-state index contributed by atoms with van der Waals surface area (Å²) in [5.41, 5.74) is 3.81. The second kappa shape index (κ2) is 11.1. The van der Waals surface area contributed by atoms with E-state index in [0.29, 0.717) is 36.3 Å². The van der Waals surface area contributed by atoms with Crippen LogP contribution in [-0.4, -0.2) is 72.5 Å². The van der Waals surface area contributed by atoms with Crippen molar-refractivity contribution in [2.75, 3.05) is 42.9 Å². The monoisotopic (exact) mass is 516 g/mol. The van der Waals surface area contributed by atoms with Crippen molar-refractivity contribution < 1.29 is 14.3 Å². The van der Waals surface area contributed by atoms with Crippen LogP contribution in [0.1, 0.15) is 61.4 Å². The van der Waals surface area contributed by atoms with E-state index in [9.17, 15) is 9.59 Å². The van der Waals surface area contributed by atoms with Crippen LogP contribution in [0.2, 0.25) is 0 Å². The Kier molecular flexibility index (Phi) is 7.39. The number of rotatable bonds is 7. The van der Waals surface area contributed by atoms with Crippen LogP contribution in [0.4, 0.5) is 11.4 Å². The van der Waals surface area contributed by atoms with E-state index in [-0.39, 0.29) is 11.8 Å². The summed E-state index contributed by atoms with van der Waals surface area (Å²) in [5.74, 6) is 0.824. The number of carbonyl (C=O) groups excluding carboxylic acids is 2. The van der Waals surface area contributed by atoms with Crippen molar-refractivity contribution in [1.29, 1.82) is 0 Å². The number of likely N-dealkylation sites (tertiary alicyclic amines) is 2. The van der Waals surface area contributed by atoms with Gasteiger partial charge in [0.15, 0.2) is 0 Å². The second-order valence-corrected chi connectivity index (χ2v) is 11.6. The Hall–Kier alpha value is -2.90. The fourth-order valence-electron chi connectivity index (χ4n) is 6.60. The molecule has 0 aromatic heterocycles. The molecule has 1 aliphatic carbocycles. The molecule has 38 heavy (non-hydrogen) atoms. The van der Waals surface area contributed by atoms with Crippen molar-refractivity contribution in [3.63, 3.8) is 0 Å². The largest absolute Gasteiger partial charge is 0.374 e. The van der Waals surface area contributed by atoms with E-state index in [4.69, 9.17) is 4.74 Å². The minimum atomic E-state index is -0.0901. The molecule has 3 saturated heterocycles. The first-order chi connectivity index (χ1) is 18.5. The first-order valence-corrected chi connectivity index (χ1v) is 14.4. The summed E-state index contributed by atoms with van der Waals surface area (Å²) in [5, 5.41) is 3.05. The number of carbonyl (C=O) groups is 2. The van der Waals surface area contributed by atoms with Gasteiger partial charge < -0.3 is 19.9 Å². The number of ether oxygens (including phenoxy) is 1. The zero-order valence-electron chi connectivity index (χ0n) is 22.5. The molecule has 4 fully saturated rings. The molecule has 2 atom stereocenters. The number of nitrogens with zero attached hydrogens (tertiary/aromatic N) is 3. The molecule has 0 unspecified atom stereocenters. The fraction of sp³-hybridized carbons (Fsp3) is 0.548. The minimum Gasteiger partial charge on any atom is -0.374 e. The first kappa shape index (κ1) is 25.4. The highest BCUT2D eigenvalue weighted by Crippen LogP contribution is 2.37. The average Bonchev–Trinajstić information content (AvgIpc) is 3.50. The van der Waals surface area contributed by atoms with Crippen LogP contribution >= 0.6 is 0 Å². The lowest BCUT2D eigenvalue weighted by molar-refractivity contribution is -0.130. The highest BCUT2D eigenvalue weighted by molar-refractivity contribution is 6.04. The summed E-state index contributed by atoms with van der Waals surface area (Å²) >= 11 is 0. The third-order valence-electron chi connectivity index (χ3n) is 9.21. The third kappa shape index (κ3) is 5.45. The molecule has 3 heterocycles. The number of hydrogen-bond acceptors (Lipinski definition) is 5. The topological polar surface area (TPSA) is 65.1 Å². The Bertz CT molecular complexity index is 1120. The molecule has 2 amide bonds. The quantitative estimate of drug-likeness (QED) is 0.586. The predicted octanol–water partition coefficient (Wildman–Crippen LogP) is 4.53. The van der Waals surface area contributed by atoms with Crippen LogP contribution in [0.3, 0.4) is 0 Å². The number of amides is 2. The van der Waals surface area contributed by atoms with Gasteiger partial charge in [0, 0.05) is 68.7 Å². The SMILES string of the molecule is CC(=O)N1CCC(N2C[C@H]3CCN(c4ccc(NC(=O)c5ccc(COC6CCC6)cc5)cc4)[C@H]3C2)CC1. The van der Waals surface area contributed by atoms with E-state index in [1.165, 1.54) is 37.9 Å². The highest BCUT2D eigenvalue weighted by Gasteiger charge is 2.43. The average molecular weight is 517 g/mol. The van der Waals surface area contributed by atoms with Crippen LogP contribution in [0.25, 0.3) is 0 Å². The highest BCUT2D eigenvalue weighted by atomic mass is 16.5. The lowest BCUT2D eigenvalue weighted by Crippen LogP contribution is -2.46. The minimum absolute atomic E-state index is 0.0901. The Morgan fingerprint density at radius 1 is 0.895 bits per heavy atom. The normalized spacial score (nSPS) is 24.3. The molecule has 2 aromatic rings. The van der Waals surface area contributed by atoms with Crippen molar-refractivity contribution >= 4 is 23.2 Å². The molecule has 7 heteroatoms. The molecule has 0 radical (unpaired) electrons. The number of benzene rings is 2. The summed E-state index contributed by atoms with van der Waals surface area (Å²) < 4.78 is 5.87. The summed E-state index contributed by atoms with van der Waals surface area (Å²) in [7, 11) is 0. The number of fused-ring (bicyclic) bond motifs is 1. The van der Waals surface area contributed by atoms with Gasteiger partial charge in [0.2, 0.25) is 5.91 Å². The Balaban J connectivity index is 1.01. The van der Waals surface area contributed by atoms with Gasteiger partial charge in [0.05, 0.1) is 12.7 Å². The summed E-state index contributed by atoms with van der Waals surface area (Å²) in [6, 6.07) is 17.2. The molecule has 1 N–H and O–H groups in total. The van der Waals surface area contributed by atoms with E-state index in [2.05, 4.69) is 27.2 Å². The van der Waals surface area contributed by atoms with Gasteiger partial charge in [0.1, 0.15) is 0 Å². The van der Waals surface area contributed by atoms with Gasteiger partial charge in [-0.2, -0.15) is 0 Å². The van der Waals surface area contributed by atoms with Gasteiger partial charge in [-0.1, -0.05) is 12.1 Å². The second-order valence-electron chi connectivity index (χ2n) is 11.6. The molecule has 0 spiro atoms. The fourth-order valence-corrected chi connectivity index (χ4v) is 6.60. The van der Waals surface area contributed by atoms with Crippen molar-refractivity contribution in [3.05, 3.63) is 59.7 Å². The third-order valence-corrected chi connectivity index (χ3v) is 9.21. The van der Waals surface area contributed by atoms with Crippen molar-refractivity contribution in [3.8, 4) is 0 Å². The molecule has 0 bridgehead atoms. The molecule has 3 aliphatic heterocycles. The van der Waals surface area contributed by atoms with Gasteiger partial charge in [-0.25, -0.2) is 0 Å². The standard InChI is InChI=1S/C31H40N4O3/c1-22(36)33-16-14-27(15-17-33)34-19-25-13-18-35(30(25)20-34)28-11-9-26(10-12-28)32-31(37)24-7-5-23(6-8-24)21-38-29-3-2-4-29/h5-12,25,27,29-30H,2-4,13-21H2,1H3,(H,32,37)/t25-,30+/m1/s1. The van der Waals surface area contributed by atoms with Gasteiger partial charge in [-0.3, -0.25) is 14.5 Å². The van der Waals surface area contributed by atoms with E-state index in [1.54, 1.807) is 6.92 Å². The zero-order valence-corrected chi connectivity index (χ0v) is 22.5.